The topological polar surface area (TPSA) is 84.2 Å². The highest BCUT2D eigenvalue weighted by Crippen LogP contribution is 2.23. The summed E-state index contributed by atoms with van der Waals surface area (Å²) in [6.07, 6.45) is 3.27. The second-order valence-electron chi connectivity index (χ2n) is 6.67. The predicted molar refractivity (Wildman–Crippen MR) is 132 cm³/mol. The van der Waals surface area contributed by atoms with Gasteiger partial charge in [0.05, 0.1) is 18.0 Å². The Bertz CT molecular complexity index is 1100. The summed E-state index contributed by atoms with van der Waals surface area (Å²) in [7, 11) is 0. The van der Waals surface area contributed by atoms with Crippen LogP contribution in [0.4, 0.5) is 5.69 Å². The van der Waals surface area contributed by atoms with Crippen molar-refractivity contribution in [2.45, 2.75) is 30.4 Å². The molecule has 0 spiro atoms. The van der Waals surface area contributed by atoms with Crippen LogP contribution in [0.5, 0.6) is 0 Å². The largest absolute Gasteiger partial charge is 0.378 e. The molecule has 0 aliphatic carbocycles. The first kappa shape index (κ1) is 23.8. The molecule has 0 bridgehead atoms. The Morgan fingerprint density at radius 1 is 1.22 bits per heavy atom. The summed E-state index contributed by atoms with van der Waals surface area (Å²) in [5, 5.41) is 17.2. The van der Waals surface area contributed by atoms with Gasteiger partial charge in [-0.25, -0.2) is 5.43 Å². The van der Waals surface area contributed by atoms with Gasteiger partial charge in [0.1, 0.15) is 0 Å². The summed E-state index contributed by atoms with van der Waals surface area (Å²) in [6.45, 7) is 6.57. The molecule has 1 aromatic heterocycles. The van der Waals surface area contributed by atoms with E-state index in [9.17, 15) is 4.79 Å². The van der Waals surface area contributed by atoms with Gasteiger partial charge in [-0.05, 0) is 37.3 Å². The molecule has 1 amide bonds. The van der Waals surface area contributed by atoms with E-state index in [4.69, 9.17) is 23.2 Å². The molecule has 0 radical (unpaired) electrons. The first-order chi connectivity index (χ1) is 15.5. The second-order valence-corrected chi connectivity index (χ2v) is 8.83. The zero-order valence-electron chi connectivity index (χ0n) is 17.3. The van der Waals surface area contributed by atoms with Crippen LogP contribution < -0.4 is 10.7 Å². The molecule has 166 valence electrons. The lowest BCUT2D eigenvalue weighted by Gasteiger charge is -2.12. The van der Waals surface area contributed by atoms with Gasteiger partial charge in [0, 0.05) is 27.8 Å². The van der Waals surface area contributed by atoms with Gasteiger partial charge in [0.15, 0.2) is 11.0 Å². The molecule has 10 heteroatoms. The van der Waals surface area contributed by atoms with Crippen molar-refractivity contribution in [3.05, 3.63) is 82.6 Å². The number of carbonyl (C=O) groups is 1. The number of nitrogens with zero attached hydrogens (tertiary/aromatic N) is 4. The lowest BCUT2D eigenvalue weighted by atomic mass is 10.2. The van der Waals surface area contributed by atoms with Crippen molar-refractivity contribution < 1.29 is 4.79 Å². The van der Waals surface area contributed by atoms with E-state index in [1.54, 1.807) is 19.1 Å². The number of halogens is 2. The SMILES string of the molecule is C=CCn1c(CNc2ccc(Cl)cc2)nnc1S[C@@H](C)C(=O)N/N=C\c1ccccc1Cl. The fourth-order valence-corrected chi connectivity index (χ4v) is 3.83. The third-order valence-electron chi connectivity index (χ3n) is 4.33. The molecule has 1 heterocycles. The number of amides is 1. The molecule has 2 N–H and O–H groups in total. The van der Waals surface area contributed by atoms with E-state index in [2.05, 4.69) is 32.6 Å². The molecule has 2 aromatic carbocycles. The average molecular weight is 489 g/mol. The van der Waals surface area contributed by atoms with Crippen molar-refractivity contribution in [3.63, 3.8) is 0 Å². The molecule has 0 saturated carbocycles. The molecule has 32 heavy (non-hydrogen) atoms. The number of hydrogen-bond donors (Lipinski definition) is 2. The third kappa shape index (κ3) is 6.59. The maximum atomic E-state index is 12.5. The molecule has 0 unspecified atom stereocenters. The fourth-order valence-electron chi connectivity index (χ4n) is 2.65. The van der Waals surface area contributed by atoms with Crippen LogP contribution in [0.3, 0.4) is 0 Å². The Kier molecular flexibility index (Phi) is 8.72. The first-order valence-electron chi connectivity index (χ1n) is 9.74. The van der Waals surface area contributed by atoms with E-state index in [1.807, 2.05) is 47.0 Å². The van der Waals surface area contributed by atoms with Gasteiger partial charge in [-0.2, -0.15) is 5.10 Å². The van der Waals surface area contributed by atoms with Crippen LogP contribution in [0, 0.1) is 0 Å². The summed E-state index contributed by atoms with van der Waals surface area (Å²) in [5.41, 5.74) is 4.18. The van der Waals surface area contributed by atoms with Crippen molar-refractivity contribution in [2.75, 3.05) is 5.32 Å². The number of aromatic nitrogens is 3. The Balaban J connectivity index is 1.61. The van der Waals surface area contributed by atoms with Gasteiger partial charge >= 0.3 is 0 Å². The first-order valence-corrected chi connectivity index (χ1v) is 11.4. The number of rotatable bonds is 10. The van der Waals surface area contributed by atoms with E-state index in [-0.39, 0.29) is 5.91 Å². The number of benzene rings is 2. The van der Waals surface area contributed by atoms with Crippen LogP contribution in [0.25, 0.3) is 0 Å². The van der Waals surface area contributed by atoms with Crippen LogP contribution in [-0.4, -0.2) is 32.1 Å². The van der Waals surface area contributed by atoms with E-state index in [1.165, 1.54) is 18.0 Å². The molecular weight excluding hydrogens is 467 g/mol. The molecule has 3 aromatic rings. The summed E-state index contributed by atoms with van der Waals surface area (Å²) in [6, 6.07) is 14.7. The normalized spacial score (nSPS) is 12.0. The number of allylic oxidation sites excluding steroid dienone is 1. The number of nitrogens with one attached hydrogen (secondary N) is 2. The monoisotopic (exact) mass is 488 g/mol. The van der Waals surface area contributed by atoms with Crippen molar-refractivity contribution in [3.8, 4) is 0 Å². The average Bonchev–Trinajstić information content (AvgIpc) is 3.16. The van der Waals surface area contributed by atoms with E-state index in [0.29, 0.717) is 28.3 Å². The molecule has 3 rings (SSSR count). The van der Waals surface area contributed by atoms with Crippen molar-refractivity contribution in [2.24, 2.45) is 5.10 Å². The van der Waals surface area contributed by atoms with E-state index in [0.717, 1.165) is 17.1 Å². The van der Waals surface area contributed by atoms with Crippen molar-refractivity contribution >= 4 is 52.8 Å². The minimum atomic E-state index is -0.441. The van der Waals surface area contributed by atoms with Crippen LogP contribution >= 0.6 is 35.0 Å². The number of carbonyl (C=O) groups excluding carboxylic acids is 1. The third-order valence-corrected chi connectivity index (χ3v) is 6.01. The van der Waals surface area contributed by atoms with Crippen LogP contribution in [-0.2, 0) is 17.9 Å². The molecule has 1 atom stereocenters. The number of hydrazone groups is 1. The minimum absolute atomic E-state index is 0.257. The zero-order chi connectivity index (χ0) is 22.9. The zero-order valence-corrected chi connectivity index (χ0v) is 19.7. The molecule has 7 nitrogen and oxygen atoms in total. The summed E-state index contributed by atoms with van der Waals surface area (Å²) in [4.78, 5) is 12.5. The highest BCUT2D eigenvalue weighted by atomic mass is 35.5. The minimum Gasteiger partial charge on any atom is -0.378 e. The number of thioether (sulfide) groups is 1. The predicted octanol–water partition coefficient (Wildman–Crippen LogP) is 5.01. The Morgan fingerprint density at radius 3 is 2.69 bits per heavy atom. The van der Waals surface area contributed by atoms with Gasteiger partial charge in [0.2, 0.25) is 0 Å². The summed E-state index contributed by atoms with van der Waals surface area (Å²) >= 11 is 13.3. The van der Waals surface area contributed by atoms with Crippen LogP contribution in [0.1, 0.15) is 18.3 Å². The lowest BCUT2D eigenvalue weighted by Crippen LogP contribution is -2.27. The Hall–Kier alpha value is -2.81. The summed E-state index contributed by atoms with van der Waals surface area (Å²) < 4.78 is 1.91. The molecular formula is C22H22Cl2N6OS. The molecule has 0 fully saturated rings. The molecule has 0 saturated heterocycles. The quantitative estimate of drug-likeness (QED) is 0.181. The maximum absolute atomic E-state index is 12.5. The van der Waals surface area contributed by atoms with Gasteiger partial charge in [-0.1, -0.05) is 59.2 Å². The van der Waals surface area contributed by atoms with E-state index < -0.39 is 5.25 Å². The van der Waals surface area contributed by atoms with Crippen molar-refractivity contribution in [1.82, 2.24) is 20.2 Å². The maximum Gasteiger partial charge on any atom is 0.253 e. The van der Waals surface area contributed by atoms with Crippen LogP contribution in [0.15, 0.2) is 71.4 Å². The van der Waals surface area contributed by atoms with E-state index >= 15 is 0 Å². The molecule has 0 aliphatic rings. The number of anilines is 1. The van der Waals surface area contributed by atoms with Crippen molar-refractivity contribution in [1.29, 1.82) is 0 Å². The number of hydrogen-bond acceptors (Lipinski definition) is 6. The van der Waals surface area contributed by atoms with Gasteiger partial charge < -0.3 is 9.88 Å². The van der Waals surface area contributed by atoms with Gasteiger partial charge in [-0.15, -0.1) is 16.8 Å². The standard InChI is InChI=1S/C22H22Cl2N6OS/c1-3-12-30-20(14-25-18-10-8-17(23)9-11-18)27-29-22(30)32-15(2)21(31)28-26-13-16-6-4-5-7-19(16)24/h3-11,13,15,25H,1,12,14H2,2H3,(H,28,31)/b26-13-/t15-/m0/s1. The second kappa shape index (κ2) is 11.7. The summed E-state index contributed by atoms with van der Waals surface area (Å²) in [5.74, 6) is 0.471. The molecule has 0 aliphatic heterocycles. The van der Waals surface area contributed by atoms with Crippen LogP contribution in [0.2, 0.25) is 10.0 Å². The fraction of sp³-hybridized carbons (Fsp3) is 0.182. The Labute approximate surface area is 200 Å². The van der Waals surface area contributed by atoms with Gasteiger partial charge in [-0.3, -0.25) is 4.79 Å². The Morgan fingerprint density at radius 2 is 1.97 bits per heavy atom. The highest BCUT2D eigenvalue weighted by Gasteiger charge is 2.19. The van der Waals surface area contributed by atoms with Gasteiger partial charge in [0.25, 0.3) is 5.91 Å². The smallest absolute Gasteiger partial charge is 0.253 e. The lowest BCUT2D eigenvalue weighted by molar-refractivity contribution is -0.120. The highest BCUT2D eigenvalue weighted by molar-refractivity contribution is 8.00.